The van der Waals surface area contributed by atoms with Crippen molar-refractivity contribution >= 4 is 11.6 Å². The van der Waals surface area contributed by atoms with Gasteiger partial charge in [0.2, 0.25) is 0 Å². The zero-order valence-corrected chi connectivity index (χ0v) is 11.0. The van der Waals surface area contributed by atoms with Crippen LogP contribution in [0.3, 0.4) is 0 Å². The molecule has 1 unspecified atom stereocenters. The fraction of sp³-hybridized carbons (Fsp3) is 0.538. The molecule has 0 amide bonds. The van der Waals surface area contributed by atoms with Gasteiger partial charge in [0.1, 0.15) is 0 Å². The monoisotopic (exact) mass is 279 g/mol. The molecule has 0 fully saturated rings. The number of hydrogen-bond acceptors (Lipinski definition) is 1. The van der Waals surface area contributed by atoms with Crippen molar-refractivity contribution in [2.75, 3.05) is 6.54 Å². The van der Waals surface area contributed by atoms with Gasteiger partial charge in [-0.25, -0.2) is 0 Å². The third-order valence-corrected chi connectivity index (χ3v) is 2.96. The van der Waals surface area contributed by atoms with E-state index in [1.807, 2.05) is 19.1 Å². The topological polar surface area (TPSA) is 12.0 Å². The van der Waals surface area contributed by atoms with Crippen molar-refractivity contribution in [2.45, 2.75) is 38.4 Å². The molecular weight excluding hydrogens is 263 g/mol. The highest BCUT2D eigenvalue weighted by Crippen LogP contribution is 2.22. The molecule has 0 saturated carbocycles. The second-order valence-corrected chi connectivity index (χ2v) is 4.62. The number of alkyl halides is 3. The van der Waals surface area contributed by atoms with Crippen LogP contribution in [0.4, 0.5) is 13.2 Å². The first-order valence-corrected chi connectivity index (χ1v) is 6.36. The third-order valence-electron chi connectivity index (χ3n) is 2.71. The van der Waals surface area contributed by atoms with Gasteiger partial charge < -0.3 is 5.32 Å². The van der Waals surface area contributed by atoms with Crippen LogP contribution >= 0.6 is 11.6 Å². The molecule has 102 valence electrons. The maximum absolute atomic E-state index is 12.0. The summed E-state index contributed by atoms with van der Waals surface area (Å²) in [6.45, 7) is 2.36. The Kier molecular flexibility index (Phi) is 5.96. The Morgan fingerprint density at radius 2 is 1.83 bits per heavy atom. The van der Waals surface area contributed by atoms with Crippen molar-refractivity contribution in [3.8, 4) is 0 Å². The molecule has 0 heterocycles. The highest BCUT2D eigenvalue weighted by molar-refractivity contribution is 6.30. The van der Waals surface area contributed by atoms with Gasteiger partial charge in [-0.1, -0.05) is 30.7 Å². The molecule has 1 nitrogen and oxygen atoms in total. The Hall–Kier alpha value is -0.740. The molecule has 1 rings (SSSR count). The minimum atomic E-state index is -4.07. The molecule has 0 aliphatic rings. The van der Waals surface area contributed by atoms with Crippen molar-refractivity contribution in [3.63, 3.8) is 0 Å². The number of hydrogen-bond donors (Lipinski definition) is 1. The van der Waals surface area contributed by atoms with Crippen LogP contribution in [0.15, 0.2) is 24.3 Å². The highest BCUT2D eigenvalue weighted by atomic mass is 35.5. The van der Waals surface area contributed by atoms with E-state index in [4.69, 9.17) is 11.6 Å². The first kappa shape index (κ1) is 15.3. The van der Waals surface area contributed by atoms with Crippen LogP contribution in [0, 0.1) is 0 Å². The normalized spacial score (nSPS) is 13.6. The number of rotatable bonds is 6. The minimum absolute atomic E-state index is 0.0792. The van der Waals surface area contributed by atoms with E-state index in [2.05, 4.69) is 5.32 Å². The Morgan fingerprint density at radius 1 is 1.22 bits per heavy atom. The lowest BCUT2D eigenvalue weighted by atomic mass is 10.0. The van der Waals surface area contributed by atoms with Gasteiger partial charge in [0.05, 0.1) is 0 Å². The molecule has 5 heteroatoms. The predicted octanol–water partition coefficient (Wildman–Crippen LogP) is 4.72. The standard InChI is InChI=1S/C13H17ClF3N/c1-2-12(10-4-6-11(14)7-5-10)18-9-3-8-13(15,16)17/h4-7,12,18H,2-3,8-9H2,1H3. The van der Waals surface area contributed by atoms with Crippen molar-refractivity contribution < 1.29 is 13.2 Å². The third kappa shape index (κ3) is 5.74. The lowest BCUT2D eigenvalue weighted by Crippen LogP contribution is -2.23. The van der Waals surface area contributed by atoms with Crippen molar-refractivity contribution in [3.05, 3.63) is 34.9 Å². The number of nitrogens with one attached hydrogen (secondary N) is 1. The molecule has 1 aromatic rings. The molecule has 1 aromatic carbocycles. The number of halogens is 4. The summed E-state index contributed by atoms with van der Waals surface area (Å²) in [5.41, 5.74) is 1.05. The summed E-state index contributed by atoms with van der Waals surface area (Å²) in [5, 5.41) is 3.79. The molecule has 0 aromatic heterocycles. The fourth-order valence-electron chi connectivity index (χ4n) is 1.76. The second kappa shape index (κ2) is 7.00. The molecular formula is C13H17ClF3N. The van der Waals surface area contributed by atoms with E-state index in [1.165, 1.54) is 0 Å². The smallest absolute Gasteiger partial charge is 0.310 e. The van der Waals surface area contributed by atoms with Crippen molar-refractivity contribution in [1.29, 1.82) is 0 Å². The zero-order valence-electron chi connectivity index (χ0n) is 10.2. The average molecular weight is 280 g/mol. The summed E-state index contributed by atoms with van der Waals surface area (Å²) in [5.74, 6) is 0. The van der Waals surface area contributed by atoms with Gasteiger partial charge in [-0.05, 0) is 37.1 Å². The highest BCUT2D eigenvalue weighted by Gasteiger charge is 2.26. The van der Waals surface area contributed by atoms with Crippen LogP contribution in [-0.2, 0) is 0 Å². The molecule has 0 radical (unpaired) electrons. The summed E-state index contributed by atoms with van der Waals surface area (Å²) >= 11 is 5.79. The first-order chi connectivity index (χ1) is 8.42. The van der Waals surface area contributed by atoms with Gasteiger partial charge in [0, 0.05) is 17.5 Å². The molecule has 0 spiro atoms. The van der Waals surface area contributed by atoms with Gasteiger partial charge in [0.25, 0.3) is 0 Å². The van der Waals surface area contributed by atoms with Crippen molar-refractivity contribution in [1.82, 2.24) is 5.32 Å². The Balaban J connectivity index is 2.40. The van der Waals surface area contributed by atoms with Crippen LogP contribution in [0.25, 0.3) is 0 Å². The van der Waals surface area contributed by atoms with E-state index in [0.29, 0.717) is 11.6 Å². The van der Waals surface area contributed by atoms with E-state index in [1.54, 1.807) is 12.1 Å². The lowest BCUT2D eigenvalue weighted by molar-refractivity contribution is -0.135. The van der Waals surface area contributed by atoms with E-state index in [9.17, 15) is 13.2 Å². The Bertz CT molecular complexity index is 348. The Labute approximate surface area is 110 Å². The minimum Gasteiger partial charge on any atom is -0.310 e. The Morgan fingerprint density at radius 3 is 2.33 bits per heavy atom. The van der Waals surface area contributed by atoms with Gasteiger partial charge in [-0.3, -0.25) is 0 Å². The van der Waals surface area contributed by atoms with Gasteiger partial charge in [0.15, 0.2) is 0 Å². The lowest BCUT2D eigenvalue weighted by Gasteiger charge is -2.17. The molecule has 1 N–H and O–H groups in total. The van der Waals surface area contributed by atoms with Crippen LogP contribution in [0.5, 0.6) is 0 Å². The first-order valence-electron chi connectivity index (χ1n) is 5.98. The van der Waals surface area contributed by atoms with Crippen LogP contribution < -0.4 is 5.32 Å². The molecule has 0 aliphatic heterocycles. The maximum Gasteiger partial charge on any atom is 0.389 e. The number of benzene rings is 1. The molecule has 1 atom stereocenters. The van der Waals surface area contributed by atoms with Crippen LogP contribution in [0.2, 0.25) is 5.02 Å². The van der Waals surface area contributed by atoms with E-state index in [0.717, 1.165) is 12.0 Å². The average Bonchev–Trinajstić information content (AvgIpc) is 2.29. The van der Waals surface area contributed by atoms with Crippen LogP contribution in [-0.4, -0.2) is 12.7 Å². The molecule has 18 heavy (non-hydrogen) atoms. The van der Waals surface area contributed by atoms with Gasteiger partial charge in [-0.2, -0.15) is 13.2 Å². The largest absolute Gasteiger partial charge is 0.389 e. The molecule has 0 bridgehead atoms. The molecule has 0 aliphatic carbocycles. The van der Waals surface area contributed by atoms with Gasteiger partial charge >= 0.3 is 6.18 Å². The van der Waals surface area contributed by atoms with Gasteiger partial charge in [-0.15, -0.1) is 0 Å². The SMILES string of the molecule is CCC(NCCCC(F)(F)F)c1ccc(Cl)cc1. The van der Waals surface area contributed by atoms with Crippen molar-refractivity contribution in [2.24, 2.45) is 0 Å². The zero-order chi connectivity index (χ0) is 13.6. The van der Waals surface area contributed by atoms with E-state index >= 15 is 0 Å². The quantitative estimate of drug-likeness (QED) is 0.743. The van der Waals surface area contributed by atoms with Crippen LogP contribution in [0.1, 0.15) is 37.8 Å². The fourth-order valence-corrected chi connectivity index (χ4v) is 1.88. The summed E-state index contributed by atoms with van der Waals surface area (Å²) < 4.78 is 36.0. The van der Waals surface area contributed by atoms with E-state index in [-0.39, 0.29) is 12.5 Å². The summed E-state index contributed by atoms with van der Waals surface area (Å²) in [7, 11) is 0. The summed E-state index contributed by atoms with van der Waals surface area (Å²) in [4.78, 5) is 0. The second-order valence-electron chi connectivity index (χ2n) is 4.19. The van der Waals surface area contributed by atoms with E-state index < -0.39 is 12.6 Å². The predicted molar refractivity (Wildman–Crippen MR) is 67.8 cm³/mol. The summed E-state index contributed by atoms with van der Waals surface area (Å²) in [6.07, 6.45) is -3.87. The maximum atomic E-state index is 12.0. The summed E-state index contributed by atoms with van der Waals surface area (Å²) in [6, 6.07) is 7.45. The molecule has 0 saturated heterocycles.